The van der Waals surface area contributed by atoms with Gasteiger partial charge in [-0.3, -0.25) is 13.9 Å². The van der Waals surface area contributed by atoms with Crippen molar-refractivity contribution in [2.24, 2.45) is 5.92 Å². The first-order valence-corrected chi connectivity index (χ1v) is 13.7. The number of amides is 2. The molecule has 0 heterocycles. The first-order valence-electron chi connectivity index (χ1n) is 11.1. The minimum atomic E-state index is -3.91. The molecule has 2 aromatic carbocycles. The lowest BCUT2D eigenvalue weighted by Gasteiger charge is -2.33. The molecular formula is C24H30Cl2FN3O4S. The number of nitrogens with zero attached hydrogens (tertiary/aromatic N) is 2. The largest absolute Gasteiger partial charge is 0.354 e. The molecule has 2 rings (SSSR count). The molecule has 0 radical (unpaired) electrons. The molecular weight excluding hydrogens is 516 g/mol. The molecule has 0 aromatic heterocycles. The van der Waals surface area contributed by atoms with Gasteiger partial charge in [0.15, 0.2) is 0 Å². The van der Waals surface area contributed by atoms with E-state index in [0.717, 1.165) is 10.6 Å². The quantitative estimate of drug-likeness (QED) is 0.451. The normalized spacial score (nSPS) is 12.3. The van der Waals surface area contributed by atoms with Crippen molar-refractivity contribution in [1.82, 2.24) is 10.2 Å². The van der Waals surface area contributed by atoms with E-state index in [9.17, 15) is 22.4 Å². The van der Waals surface area contributed by atoms with Gasteiger partial charge in [-0.05, 0) is 48.2 Å². The van der Waals surface area contributed by atoms with Crippen molar-refractivity contribution in [3.05, 3.63) is 63.9 Å². The number of hydrogen-bond donors (Lipinski definition) is 1. The van der Waals surface area contributed by atoms with Crippen molar-refractivity contribution in [1.29, 1.82) is 0 Å². The Morgan fingerprint density at radius 2 is 1.63 bits per heavy atom. The maximum absolute atomic E-state index is 13.6. The first-order chi connectivity index (χ1) is 16.3. The Bertz CT molecular complexity index is 1120. The average molecular weight is 546 g/mol. The SMILES string of the molecule is CC[C@@H](C(=O)NCC(C)C)N(Cc1ccc(F)cc1)C(=O)CN(c1cc(Cl)cc(Cl)c1)S(C)(=O)=O. The van der Waals surface area contributed by atoms with Crippen molar-refractivity contribution < 1.29 is 22.4 Å². The van der Waals surface area contributed by atoms with Crippen molar-refractivity contribution in [2.75, 3.05) is 23.7 Å². The van der Waals surface area contributed by atoms with Gasteiger partial charge in [0.2, 0.25) is 21.8 Å². The standard InChI is InChI=1S/C24H30Cl2FN3O4S/c1-5-22(24(32)28-13-16(2)3)29(14-17-6-8-20(27)9-7-17)23(31)15-30(35(4,33)34)21-11-18(25)10-19(26)12-21/h6-12,16,22H,5,13-15H2,1-4H3,(H,28,32)/t22-/m0/s1. The van der Waals surface area contributed by atoms with Crippen molar-refractivity contribution in [3.8, 4) is 0 Å². The number of sulfonamides is 1. The highest BCUT2D eigenvalue weighted by atomic mass is 35.5. The summed E-state index contributed by atoms with van der Waals surface area (Å²) in [5, 5.41) is 3.24. The molecule has 2 aromatic rings. The summed E-state index contributed by atoms with van der Waals surface area (Å²) in [5.74, 6) is -1.20. The van der Waals surface area contributed by atoms with Crippen molar-refractivity contribution in [2.45, 2.75) is 39.8 Å². The van der Waals surface area contributed by atoms with Crippen LogP contribution in [0.25, 0.3) is 0 Å². The van der Waals surface area contributed by atoms with E-state index in [4.69, 9.17) is 23.2 Å². The van der Waals surface area contributed by atoms with Gasteiger partial charge < -0.3 is 10.2 Å². The van der Waals surface area contributed by atoms with E-state index in [0.29, 0.717) is 18.5 Å². The smallest absolute Gasteiger partial charge is 0.244 e. The Morgan fingerprint density at radius 3 is 2.11 bits per heavy atom. The molecule has 0 saturated carbocycles. The van der Waals surface area contributed by atoms with Crippen LogP contribution < -0.4 is 9.62 Å². The van der Waals surface area contributed by atoms with Crippen LogP contribution in [0.15, 0.2) is 42.5 Å². The van der Waals surface area contributed by atoms with E-state index < -0.39 is 34.3 Å². The molecule has 0 saturated heterocycles. The highest BCUT2D eigenvalue weighted by molar-refractivity contribution is 7.92. The van der Waals surface area contributed by atoms with E-state index in [2.05, 4.69) is 5.32 Å². The summed E-state index contributed by atoms with van der Waals surface area (Å²) in [5.41, 5.74) is 0.712. The molecule has 11 heteroatoms. The summed E-state index contributed by atoms with van der Waals surface area (Å²) in [4.78, 5) is 27.8. The van der Waals surface area contributed by atoms with E-state index in [-0.39, 0.29) is 34.1 Å². The van der Waals surface area contributed by atoms with Gasteiger partial charge in [0.1, 0.15) is 18.4 Å². The molecule has 35 heavy (non-hydrogen) atoms. The summed E-state index contributed by atoms with van der Waals surface area (Å²) < 4.78 is 39.5. The van der Waals surface area contributed by atoms with Gasteiger partial charge in [-0.25, -0.2) is 12.8 Å². The number of nitrogens with one attached hydrogen (secondary N) is 1. The third-order valence-electron chi connectivity index (χ3n) is 5.15. The third-order valence-corrected chi connectivity index (χ3v) is 6.73. The van der Waals surface area contributed by atoms with Crippen LogP contribution in [0.3, 0.4) is 0 Å². The molecule has 0 aliphatic carbocycles. The van der Waals surface area contributed by atoms with E-state index in [1.807, 2.05) is 13.8 Å². The van der Waals surface area contributed by atoms with Gasteiger partial charge in [-0.1, -0.05) is 56.1 Å². The molecule has 2 amide bonds. The lowest BCUT2D eigenvalue weighted by atomic mass is 10.1. The van der Waals surface area contributed by atoms with Crippen LogP contribution in [0, 0.1) is 11.7 Å². The lowest BCUT2D eigenvalue weighted by Crippen LogP contribution is -2.52. The highest BCUT2D eigenvalue weighted by Gasteiger charge is 2.32. The van der Waals surface area contributed by atoms with Gasteiger partial charge >= 0.3 is 0 Å². The second-order valence-electron chi connectivity index (χ2n) is 8.61. The van der Waals surface area contributed by atoms with Gasteiger partial charge in [0, 0.05) is 23.1 Å². The number of carbonyl (C=O) groups excluding carboxylic acids is 2. The Labute approximate surface area is 216 Å². The second-order valence-corrected chi connectivity index (χ2v) is 11.4. The fourth-order valence-corrected chi connectivity index (χ4v) is 4.77. The number of halogens is 3. The number of rotatable bonds is 11. The Kier molecular flexibility index (Phi) is 10.4. The third kappa shape index (κ3) is 8.66. The summed E-state index contributed by atoms with van der Waals surface area (Å²) in [6, 6.07) is 8.90. The zero-order valence-electron chi connectivity index (χ0n) is 20.1. The summed E-state index contributed by atoms with van der Waals surface area (Å²) in [6.07, 6.45) is 1.25. The second kappa shape index (κ2) is 12.6. The van der Waals surface area contributed by atoms with Gasteiger partial charge in [0.05, 0.1) is 11.9 Å². The van der Waals surface area contributed by atoms with Gasteiger partial charge in [-0.2, -0.15) is 0 Å². The number of anilines is 1. The number of carbonyl (C=O) groups is 2. The van der Waals surface area contributed by atoms with Crippen molar-refractivity contribution in [3.63, 3.8) is 0 Å². The molecule has 7 nitrogen and oxygen atoms in total. The minimum absolute atomic E-state index is 0.0133. The zero-order chi connectivity index (χ0) is 26.3. The summed E-state index contributed by atoms with van der Waals surface area (Å²) in [7, 11) is -3.91. The zero-order valence-corrected chi connectivity index (χ0v) is 22.4. The molecule has 192 valence electrons. The maximum Gasteiger partial charge on any atom is 0.244 e. The van der Waals surface area contributed by atoms with Gasteiger partial charge in [-0.15, -0.1) is 0 Å². The maximum atomic E-state index is 13.6. The predicted octanol–water partition coefficient (Wildman–Crippen LogP) is 4.48. The van der Waals surface area contributed by atoms with Crippen LogP contribution >= 0.6 is 23.2 Å². The molecule has 1 atom stereocenters. The van der Waals surface area contributed by atoms with E-state index in [1.54, 1.807) is 6.92 Å². The molecule has 0 spiro atoms. The Morgan fingerprint density at radius 1 is 1.06 bits per heavy atom. The van der Waals surface area contributed by atoms with Crippen molar-refractivity contribution >= 4 is 50.7 Å². The molecule has 0 fully saturated rings. The average Bonchev–Trinajstić information content (AvgIpc) is 2.75. The number of hydrogen-bond acceptors (Lipinski definition) is 4. The van der Waals surface area contributed by atoms with Crippen LogP contribution in [0.4, 0.5) is 10.1 Å². The summed E-state index contributed by atoms with van der Waals surface area (Å²) >= 11 is 12.1. The van der Waals surface area contributed by atoms with Crippen LogP contribution in [0.1, 0.15) is 32.8 Å². The van der Waals surface area contributed by atoms with Crippen LogP contribution in [0.5, 0.6) is 0 Å². The molecule has 0 aliphatic rings. The molecule has 1 N–H and O–H groups in total. The van der Waals surface area contributed by atoms with E-state index >= 15 is 0 Å². The Hall–Kier alpha value is -2.36. The molecule has 0 bridgehead atoms. The monoisotopic (exact) mass is 545 g/mol. The molecule has 0 unspecified atom stereocenters. The number of benzene rings is 2. The fraction of sp³-hybridized carbons (Fsp3) is 0.417. The van der Waals surface area contributed by atoms with Crippen LogP contribution in [-0.4, -0.2) is 50.5 Å². The van der Waals surface area contributed by atoms with Crippen LogP contribution in [0.2, 0.25) is 10.0 Å². The lowest BCUT2D eigenvalue weighted by molar-refractivity contribution is -0.140. The van der Waals surface area contributed by atoms with Gasteiger partial charge in [0.25, 0.3) is 0 Å². The fourth-order valence-electron chi connectivity index (χ4n) is 3.43. The molecule has 0 aliphatic heterocycles. The predicted molar refractivity (Wildman–Crippen MR) is 138 cm³/mol. The first kappa shape index (κ1) is 28.9. The topological polar surface area (TPSA) is 86.8 Å². The van der Waals surface area contributed by atoms with E-state index in [1.165, 1.54) is 47.4 Å². The van der Waals surface area contributed by atoms with Crippen LogP contribution in [-0.2, 0) is 26.2 Å². The highest BCUT2D eigenvalue weighted by Crippen LogP contribution is 2.27. The Balaban J connectivity index is 2.44. The summed E-state index contributed by atoms with van der Waals surface area (Å²) in [6.45, 7) is 5.48. The minimum Gasteiger partial charge on any atom is -0.354 e.